The topological polar surface area (TPSA) is 42.2 Å². The van der Waals surface area contributed by atoms with Gasteiger partial charge in [0.2, 0.25) is 0 Å². The van der Waals surface area contributed by atoms with Gasteiger partial charge in [-0.3, -0.25) is 0 Å². The van der Waals surface area contributed by atoms with Crippen molar-refractivity contribution < 1.29 is 9.90 Å². The maximum absolute atomic E-state index is 11.2. The molecule has 1 aromatic carbocycles. The lowest BCUT2D eigenvalue weighted by molar-refractivity contribution is 0.0696. The summed E-state index contributed by atoms with van der Waals surface area (Å²) in [7, 11) is 0. The normalized spacial score (nSPS) is 11.0. The van der Waals surface area contributed by atoms with Gasteiger partial charge in [-0.05, 0) is 43.5 Å². The van der Waals surface area contributed by atoms with E-state index in [-0.39, 0.29) is 0 Å². The maximum Gasteiger partial charge on any atom is 0.337 e. The van der Waals surface area contributed by atoms with Crippen LogP contribution in [-0.2, 0) is 0 Å². The van der Waals surface area contributed by atoms with Crippen molar-refractivity contribution in [2.24, 2.45) is 0 Å². The summed E-state index contributed by atoms with van der Waals surface area (Å²) in [4.78, 5) is 11.2. The lowest BCUT2D eigenvalue weighted by Gasteiger charge is -2.13. The van der Waals surface area contributed by atoms with Gasteiger partial charge in [-0.2, -0.15) is 0 Å². The second-order valence-electron chi connectivity index (χ2n) is 5.18. The van der Waals surface area contributed by atoms with Gasteiger partial charge < -0.3 is 9.67 Å². The van der Waals surface area contributed by atoms with E-state index in [2.05, 4.69) is 26.0 Å². The molecule has 0 radical (unpaired) electrons. The fourth-order valence-electron chi connectivity index (χ4n) is 2.40. The van der Waals surface area contributed by atoms with Crippen LogP contribution < -0.4 is 0 Å². The molecule has 0 amide bonds. The van der Waals surface area contributed by atoms with Crippen molar-refractivity contribution in [1.29, 1.82) is 0 Å². The molecule has 3 nitrogen and oxygen atoms in total. The third-order valence-corrected chi connectivity index (χ3v) is 3.46. The molecule has 19 heavy (non-hydrogen) atoms. The summed E-state index contributed by atoms with van der Waals surface area (Å²) in [5.41, 5.74) is 4.35. The number of carbonyl (C=O) groups is 1. The van der Waals surface area contributed by atoms with Crippen molar-refractivity contribution in [3.05, 3.63) is 52.8 Å². The Morgan fingerprint density at radius 1 is 1.21 bits per heavy atom. The molecule has 2 rings (SSSR count). The molecule has 100 valence electrons. The molecule has 0 saturated carbocycles. The largest absolute Gasteiger partial charge is 0.478 e. The SMILES string of the molecule is Cc1cc(C(=O)O)c(C)n1-c1cccc(C(C)C)c1. The van der Waals surface area contributed by atoms with E-state index in [0.717, 1.165) is 17.1 Å². The Morgan fingerprint density at radius 2 is 1.89 bits per heavy atom. The number of carboxylic acid groups (broad SMARTS) is 1. The first kappa shape index (κ1) is 13.4. The second-order valence-corrected chi connectivity index (χ2v) is 5.18. The highest BCUT2D eigenvalue weighted by molar-refractivity contribution is 5.89. The molecule has 3 heteroatoms. The number of carboxylic acids is 1. The number of aromatic nitrogens is 1. The average molecular weight is 257 g/mol. The molecule has 0 saturated heterocycles. The number of hydrogen-bond donors (Lipinski definition) is 1. The first-order valence-corrected chi connectivity index (χ1v) is 6.44. The van der Waals surface area contributed by atoms with Crippen LogP contribution in [0.15, 0.2) is 30.3 Å². The molecule has 0 unspecified atom stereocenters. The smallest absolute Gasteiger partial charge is 0.337 e. The zero-order chi connectivity index (χ0) is 14.2. The van der Waals surface area contributed by atoms with Crippen LogP contribution in [0.25, 0.3) is 5.69 Å². The first-order valence-electron chi connectivity index (χ1n) is 6.44. The van der Waals surface area contributed by atoms with Crippen LogP contribution in [0.5, 0.6) is 0 Å². The molecular formula is C16H19NO2. The van der Waals surface area contributed by atoms with Gasteiger partial charge in [-0.1, -0.05) is 26.0 Å². The van der Waals surface area contributed by atoms with Crippen LogP contribution in [0, 0.1) is 13.8 Å². The highest BCUT2D eigenvalue weighted by Crippen LogP contribution is 2.23. The Kier molecular flexibility index (Phi) is 3.47. The average Bonchev–Trinajstić information content (AvgIpc) is 2.65. The molecule has 1 N–H and O–H groups in total. The quantitative estimate of drug-likeness (QED) is 0.905. The minimum absolute atomic E-state index is 0.368. The van der Waals surface area contributed by atoms with Crippen molar-refractivity contribution in [1.82, 2.24) is 4.57 Å². The fourth-order valence-corrected chi connectivity index (χ4v) is 2.40. The number of aromatic carboxylic acids is 1. The number of rotatable bonds is 3. The monoisotopic (exact) mass is 257 g/mol. The van der Waals surface area contributed by atoms with Crippen LogP contribution in [0.2, 0.25) is 0 Å². The highest BCUT2D eigenvalue weighted by Gasteiger charge is 2.15. The zero-order valence-corrected chi connectivity index (χ0v) is 11.8. The van der Waals surface area contributed by atoms with E-state index in [4.69, 9.17) is 0 Å². The van der Waals surface area contributed by atoms with Crippen molar-refractivity contribution in [3.8, 4) is 5.69 Å². The Hall–Kier alpha value is -2.03. The fraction of sp³-hybridized carbons (Fsp3) is 0.312. The molecule has 1 heterocycles. The van der Waals surface area contributed by atoms with Crippen LogP contribution in [0.3, 0.4) is 0 Å². The summed E-state index contributed by atoms with van der Waals surface area (Å²) in [5.74, 6) is -0.422. The van der Waals surface area contributed by atoms with Crippen LogP contribution in [0.4, 0.5) is 0 Å². The number of aryl methyl sites for hydroxylation is 1. The van der Waals surface area contributed by atoms with Crippen molar-refractivity contribution in [2.45, 2.75) is 33.6 Å². The third-order valence-electron chi connectivity index (χ3n) is 3.46. The van der Waals surface area contributed by atoms with E-state index in [1.807, 2.05) is 30.5 Å². The standard InChI is InChI=1S/C16H19NO2/c1-10(2)13-6-5-7-14(9-13)17-11(3)8-15(12(17)4)16(18)19/h5-10H,1-4H3,(H,18,19). The first-order chi connectivity index (χ1) is 8.91. The van der Waals surface area contributed by atoms with E-state index in [1.165, 1.54) is 5.56 Å². The molecule has 0 atom stereocenters. The van der Waals surface area contributed by atoms with Gasteiger partial charge in [-0.25, -0.2) is 4.79 Å². The molecule has 0 fully saturated rings. The Bertz CT molecular complexity index is 624. The Balaban J connectivity index is 2.59. The third kappa shape index (κ3) is 2.41. The number of nitrogens with zero attached hydrogens (tertiary/aromatic N) is 1. The van der Waals surface area contributed by atoms with E-state index >= 15 is 0 Å². The van der Waals surface area contributed by atoms with Gasteiger partial charge in [0.15, 0.2) is 0 Å². The summed E-state index contributed by atoms with van der Waals surface area (Å²) >= 11 is 0. The highest BCUT2D eigenvalue weighted by atomic mass is 16.4. The Labute approximate surface area is 113 Å². The van der Waals surface area contributed by atoms with Gasteiger partial charge in [0.25, 0.3) is 0 Å². The number of benzene rings is 1. The summed E-state index contributed by atoms with van der Waals surface area (Å²) in [6.45, 7) is 8.08. The van der Waals surface area contributed by atoms with Gasteiger partial charge in [0.05, 0.1) is 5.56 Å². The molecule has 2 aromatic rings. The minimum Gasteiger partial charge on any atom is -0.478 e. The van der Waals surface area contributed by atoms with Gasteiger partial charge in [-0.15, -0.1) is 0 Å². The summed E-state index contributed by atoms with van der Waals surface area (Å²) in [6.07, 6.45) is 0. The molecule has 0 aliphatic carbocycles. The predicted octanol–water partition coefficient (Wildman–Crippen LogP) is 3.92. The van der Waals surface area contributed by atoms with E-state index in [1.54, 1.807) is 6.07 Å². The van der Waals surface area contributed by atoms with Gasteiger partial charge >= 0.3 is 5.97 Å². The van der Waals surface area contributed by atoms with E-state index in [0.29, 0.717) is 11.5 Å². The lowest BCUT2D eigenvalue weighted by Crippen LogP contribution is -2.03. The van der Waals surface area contributed by atoms with E-state index in [9.17, 15) is 9.90 Å². The molecule has 0 aliphatic rings. The molecular weight excluding hydrogens is 238 g/mol. The second kappa shape index (κ2) is 4.92. The van der Waals surface area contributed by atoms with Gasteiger partial charge in [0.1, 0.15) is 0 Å². The predicted molar refractivity (Wildman–Crippen MR) is 76.3 cm³/mol. The van der Waals surface area contributed by atoms with Crippen LogP contribution >= 0.6 is 0 Å². The number of hydrogen-bond acceptors (Lipinski definition) is 1. The summed E-state index contributed by atoms with van der Waals surface area (Å²) in [6, 6.07) is 9.97. The summed E-state index contributed by atoms with van der Waals surface area (Å²) in [5, 5.41) is 9.18. The van der Waals surface area contributed by atoms with Crippen molar-refractivity contribution in [2.75, 3.05) is 0 Å². The molecule has 0 aliphatic heterocycles. The molecule has 0 bridgehead atoms. The maximum atomic E-state index is 11.2. The summed E-state index contributed by atoms with van der Waals surface area (Å²) < 4.78 is 2.00. The van der Waals surface area contributed by atoms with Crippen LogP contribution in [-0.4, -0.2) is 15.6 Å². The van der Waals surface area contributed by atoms with Crippen molar-refractivity contribution >= 4 is 5.97 Å². The van der Waals surface area contributed by atoms with Crippen LogP contribution in [0.1, 0.15) is 47.1 Å². The molecule has 1 aromatic heterocycles. The van der Waals surface area contributed by atoms with Gasteiger partial charge in [0, 0.05) is 17.1 Å². The van der Waals surface area contributed by atoms with E-state index < -0.39 is 5.97 Å². The lowest BCUT2D eigenvalue weighted by atomic mass is 10.0. The minimum atomic E-state index is -0.876. The Morgan fingerprint density at radius 3 is 2.42 bits per heavy atom. The molecule has 0 spiro atoms. The zero-order valence-electron chi connectivity index (χ0n) is 11.8. The van der Waals surface area contributed by atoms with Crippen molar-refractivity contribution in [3.63, 3.8) is 0 Å².